The third-order valence-electron chi connectivity index (χ3n) is 6.40. The van der Waals surface area contributed by atoms with E-state index >= 15 is 0 Å². The Morgan fingerprint density at radius 2 is 1.73 bits per heavy atom. The summed E-state index contributed by atoms with van der Waals surface area (Å²) in [5, 5.41) is 21.6. The molecule has 0 aromatic heterocycles. The molecule has 4 atom stereocenters. The van der Waals surface area contributed by atoms with Crippen molar-refractivity contribution in [1.29, 1.82) is 0 Å². The molecule has 1 aliphatic carbocycles. The minimum atomic E-state index is -1.52. The lowest BCUT2D eigenvalue weighted by molar-refractivity contribution is 0.0239. The summed E-state index contributed by atoms with van der Waals surface area (Å²) < 4.78 is 5.97. The molecule has 6 heteroatoms. The number of aliphatic hydroxyl groups excluding tert-OH is 2. The molecule has 33 heavy (non-hydrogen) atoms. The molecule has 5 nitrogen and oxygen atoms in total. The normalized spacial score (nSPS) is 23.0. The van der Waals surface area contributed by atoms with Gasteiger partial charge in [0.05, 0.1) is 6.10 Å². The lowest BCUT2D eigenvalue weighted by Gasteiger charge is -2.42. The van der Waals surface area contributed by atoms with Gasteiger partial charge in [-0.05, 0) is 76.5 Å². The molecule has 0 aromatic carbocycles. The van der Waals surface area contributed by atoms with Crippen molar-refractivity contribution >= 4 is 14.2 Å². The Morgan fingerprint density at radius 3 is 2.15 bits per heavy atom. The monoisotopic (exact) mass is 477 g/mol. The Kier molecular flexibility index (Phi) is 10.9. The summed E-state index contributed by atoms with van der Waals surface area (Å²) in [4.78, 5) is 14.8. The van der Waals surface area contributed by atoms with Gasteiger partial charge in [-0.1, -0.05) is 39.4 Å². The van der Waals surface area contributed by atoms with Gasteiger partial charge in [-0.2, -0.15) is 0 Å². The summed E-state index contributed by atoms with van der Waals surface area (Å²) in [7, 11) is -1.52. The molecule has 1 aliphatic rings. The number of rotatable bonds is 7. The fourth-order valence-corrected chi connectivity index (χ4v) is 5.35. The first-order valence-corrected chi connectivity index (χ1v) is 15.8. The van der Waals surface area contributed by atoms with Gasteiger partial charge in [0.25, 0.3) is 0 Å². The van der Waals surface area contributed by atoms with Crippen LogP contribution in [0.15, 0.2) is 23.0 Å². The van der Waals surface area contributed by atoms with Gasteiger partial charge in [0.2, 0.25) is 0 Å². The van der Waals surface area contributed by atoms with Crippen LogP contribution in [0.2, 0.25) is 19.6 Å². The van der Waals surface area contributed by atoms with Crippen LogP contribution in [0.3, 0.4) is 0 Å². The average molecular weight is 478 g/mol. The second kappa shape index (κ2) is 12.2. The van der Waals surface area contributed by atoms with E-state index < -0.39 is 14.2 Å². The molecule has 0 radical (unpaired) electrons. The van der Waals surface area contributed by atoms with Crippen molar-refractivity contribution < 1.29 is 19.7 Å². The van der Waals surface area contributed by atoms with Crippen molar-refractivity contribution in [2.75, 3.05) is 6.61 Å². The molecule has 0 unspecified atom stereocenters. The Labute approximate surface area is 203 Å². The molecule has 188 valence electrons. The van der Waals surface area contributed by atoms with Gasteiger partial charge in [-0.15, -0.1) is 5.54 Å². The molecule has 1 amide bonds. The van der Waals surface area contributed by atoms with E-state index in [9.17, 15) is 15.0 Å². The molecule has 0 fully saturated rings. The third-order valence-corrected chi connectivity index (χ3v) is 7.27. The van der Waals surface area contributed by atoms with E-state index in [0.717, 1.165) is 11.1 Å². The van der Waals surface area contributed by atoms with Crippen molar-refractivity contribution in [1.82, 2.24) is 4.90 Å². The molecule has 0 saturated heterocycles. The van der Waals surface area contributed by atoms with Gasteiger partial charge in [0, 0.05) is 31.0 Å². The lowest BCUT2D eigenvalue weighted by atomic mass is 9.66. The zero-order chi connectivity index (χ0) is 25.7. The number of aliphatic hydroxyl groups is 2. The quantitative estimate of drug-likeness (QED) is 0.370. The summed E-state index contributed by atoms with van der Waals surface area (Å²) >= 11 is 0. The fourth-order valence-electron chi connectivity index (χ4n) is 4.77. The summed E-state index contributed by atoms with van der Waals surface area (Å²) in [5.41, 5.74) is 4.99. The van der Waals surface area contributed by atoms with E-state index in [2.05, 4.69) is 45.0 Å². The first-order valence-electron chi connectivity index (χ1n) is 12.3. The van der Waals surface area contributed by atoms with Crippen LogP contribution in [0.4, 0.5) is 4.79 Å². The maximum atomic E-state index is 13.0. The Hall–Kier alpha value is -1.55. The van der Waals surface area contributed by atoms with Crippen LogP contribution in [-0.4, -0.2) is 54.1 Å². The van der Waals surface area contributed by atoms with Gasteiger partial charge < -0.3 is 19.8 Å². The summed E-state index contributed by atoms with van der Waals surface area (Å²) in [6.07, 6.45) is 1.19. The van der Waals surface area contributed by atoms with Gasteiger partial charge in [0.1, 0.15) is 13.8 Å². The van der Waals surface area contributed by atoms with Crippen LogP contribution >= 0.6 is 0 Å². The van der Waals surface area contributed by atoms with E-state index in [1.807, 2.05) is 41.5 Å². The summed E-state index contributed by atoms with van der Waals surface area (Å²) in [6.45, 7) is 22.5. The molecule has 0 heterocycles. The van der Waals surface area contributed by atoms with Crippen LogP contribution in [0.5, 0.6) is 0 Å². The second-order valence-electron chi connectivity index (χ2n) is 11.4. The predicted molar refractivity (Wildman–Crippen MR) is 139 cm³/mol. The van der Waals surface area contributed by atoms with Gasteiger partial charge >= 0.3 is 6.09 Å². The zero-order valence-electron chi connectivity index (χ0n) is 22.7. The number of allylic oxidation sites excluding steroid dienone is 2. The van der Waals surface area contributed by atoms with Crippen LogP contribution in [0, 0.1) is 35.1 Å². The number of ether oxygens (including phenoxy) is 1. The van der Waals surface area contributed by atoms with Gasteiger partial charge in [-0.3, -0.25) is 0 Å². The Morgan fingerprint density at radius 1 is 1.18 bits per heavy atom. The highest BCUT2D eigenvalue weighted by Crippen LogP contribution is 2.44. The number of carbonyl (C=O) groups excluding carboxylic acids is 1. The van der Waals surface area contributed by atoms with E-state index in [4.69, 9.17) is 4.74 Å². The molecule has 0 aromatic rings. The minimum absolute atomic E-state index is 0.0185. The molecule has 1 rings (SSSR count). The van der Waals surface area contributed by atoms with Crippen LogP contribution in [0.25, 0.3) is 0 Å². The van der Waals surface area contributed by atoms with Crippen molar-refractivity contribution in [3.8, 4) is 11.5 Å². The number of hydrogen-bond acceptors (Lipinski definition) is 4. The topological polar surface area (TPSA) is 70.0 Å². The Balaban J connectivity index is 3.41. The third kappa shape index (κ3) is 8.31. The molecule has 0 spiro atoms. The lowest BCUT2D eigenvalue weighted by Crippen LogP contribution is -2.44. The number of carbonyl (C=O) groups is 1. The number of amides is 1. The Bertz CT molecular complexity index is 787. The standard InChI is InChI=1S/C27H47NO4Si/c1-17(2)22-15-25(32-27(31)28(18(3)4)19(5)6)21(8)26(23(22)16-29)24(30)14-20(7)12-13-33(9,10)11/h14,17-19,22-24,26,29-30H,15-16H2,1-11H3/b20-14+/t22-,23-,24+,26+/m1/s1. The highest BCUT2D eigenvalue weighted by atomic mass is 28.3. The fraction of sp³-hybridized carbons (Fsp3) is 0.741. The van der Waals surface area contributed by atoms with E-state index in [1.54, 1.807) is 11.0 Å². The first kappa shape index (κ1) is 29.5. The van der Waals surface area contributed by atoms with Crippen molar-refractivity contribution in [3.63, 3.8) is 0 Å². The van der Waals surface area contributed by atoms with Crippen LogP contribution < -0.4 is 0 Å². The molecular weight excluding hydrogens is 430 g/mol. The van der Waals surface area contributed by atoms with Gasteiger partial charge in [-0.25, -0.2) is 4.79 Å². The maximum Gasteiger partial charge on any atom is 0.415 e. The SMILES string of the molecule is CC1=C(OC(=O)N(C(C)C)C(C)C)C[C@H](C(C)C)[C@@H](CO)[C@H]1[C@@H](O)/C=C(\C)C#C[Si](C)(C)C. The number of hydrogen-bond donors (Lipinski definition) is 2. The molecule has 0 saturated carbocycles. The maximum absolute atomic E-state index is 13.0. The average Bonchev–Trinajstić information content (AvgIpc) is 2.65. The molecule has 0 bridgehead atoms. The minimum Gasteiger partial charge on any atom is -0.415 e. The largest absolute Gasteiger partial charge is 0.415 e. The molecule has 2 N–H and O–H groups in total. The molecular formula is C27H47NO4Si. The second-order valence-corrected chi connectivity index (χ2v) is 16.1. The summed E-state index contributed by atoms with van der Waals surface area (Å²) in [6, 6.07) is 0.0370. The highest BCUT2D eigenvalue weighted by Gasteiger charge is 2.42. The molecule has 0 aliphatic heterocycles. The van der Waals surface area contributed by atoms with Crippen LogP contribution in [-0.2, 0) is 4.74 Å². The summed E-state index contributed by atoms with van der Waals surface area (Å²) in [5.74, 6) is 3.72. The number of nitrogens with zero attached hydrogens (tertiary/aromatic N) is 1. The van der Waals surface area contributed by atoms with Crippen molar-refractivity contribution in [3.05, 3.63) is 23.0 Å². The zero-order valence-corrected chi connectivity index (χ0v) is 23.7. The predicted octanol–water partition coefficient (Wildman–Crippen LogP) is 5.60. The van der Waals surface area contributed by atoms with E-state index in [0.29, 0.717) is 12.2 Å². The smallest absolute Gasteiger partial charge is 0.415 e. The van der Waals surface area contributed by atoms with Crippen molar-refractivity contribution in [2.24, 2.45) is 23.7 Å². The van der Waals surface area contributed by atoms with Crippen LogP contribution in [0.1, 0.15) is 61.8 Å². The first-order chi connectivity index (χ1) is 15.1. The van der Waals surface area contributed by atoms with E-state index in [1.165, 1.54) is 0 Å². The van der Waals surface area contributed by atoms with E-state index in [-0.39, 0.29) is 48.5 Å². The van der Waals surface area contributed by atoms with Gasteiger partial charge in [0.15, 0.2) is 0 Å². The highest BCUT2D eigenvalue weighted by molar-refractivity contribution is 6.83. The van der Waals surface area contributed by atoms with Crippen molar-refractivity contribution in [2.45, 2.75) is 99.6 Å².